The number of rotatable bonds is 19. The second kappa shape index (κ2) is 21.4. The van der Waals surface area contributed by atoms with Gasteiger partial charge in [0.1, 0.15) is 42.3 Å². The number of nitrogens with one attached hydrogen (secondary N) is 3. The van der Waals surface area contributed by atoms with E-state index in [1.807, 2.05) is 0 Å². The number of azo groups is 2. The topological polar surface area (TPSA) is 503 Å². The van der Waals surface area contributed by atoms with E-state index in [-0.39, 0.29) is 38.3 Å². The fourth-order valence-electron chi connectivity index (χ4n) is 6.13. The Hall–Kier alpha value is -6.79. The Kier molecular flexibility index (Phi) is 16.4. The summed E-state index contributed by atoms with van der Waals surface area (Å²) in [6, 6.07) is 10.9. The summed E-state index contributed by atoms with van der Waals surface area (Å²) in [5, 5.41) is 31.9. The van der Waals surface area contributed by atoms with Crippen molar-refractivity contribution in [2.75, 3.05) is 34.0 Å². The van der Waals surface area contributed by atoms with Crippen LogP contribution in [0.3, 0.4) is 0 Å². The molecule has 31 nitrogen and oxygen atoms in total. The molecule has 5 aromatic carbocycles. The van der Waals surface area contributed by atoms with Crippen molar-refractivity contribution in [3.8, 4) is 5.75 Å². The molecule has 11 N–H and O–H groups in total. The maximum absolute atomic E-state index is 12.7. The van der Waals surface area contributed by atoms with Crippen molar-refractivity contribution >= 4 is 162 Å². The van der Waals surface area contributed by atoms with Gasteiger partial charge in [0, 0.05) is 17.1 Å². The fraction of sp³-hybridized carbons (Fsp3) is 0.0556. The summed E-state index contributed by atoms with van der Waals surface area (Å²) in [7, 11) is -30.4. The third-order valence-electron chi connectivity index (χ3n) is 9.28. The fourth-order valence-corrected chi connectivity index (χ4v) is 10.4. The largest absolute Gasteiger partial charge is 0.505 e. The molecule has 6 aromatic rings. The van der Waals surface area contributed by atoms with E-state index < -0.39 is 149 Å². The predicted molar refractivity (Wildman–Crippen MR) is 265 cm³/mol. The quantitative estimate of drug-likeness (QED) is 0.0201. The molecule has 0 bridgehead atoms. The normalized spacial score (nSPS) is 12.8. The highest BCUT2D eigenvalue weighted by molar-refractivity contribution is 9.12. The zero-order valence-electron chi connectivity index (χ0n) is 36.4. The summed E-state index contributed by atoms with van der Waals surface area (Å²) in [5.74, 6) is -3.66. The number of nitrogens with zero attached hydrogens (tertiary/aromatic N) is 7. The number of phenols is 1. The second-order valence-electron chi connectivity index (χ2n) is 14.4. The lowest BCUT2D eigenvalue weighted by Gasteiger charge is -2.14. The van der Waals surface area contributed by atoms with Gasteiger partial charge in [-0.05, 0) is 106 Å². The highest BCUT2D eigenvalue weighted by Crippen LogP contribution is 2.49. The summed E-state index contributed by atoms with van der Waals surface area (Å²) in [6.45, 7) is 2.49. The third-order valence-corrected chi connectivity index (χ3v) is 15.5. The molecule has 0 unspecified atom stereocenters. The number of anilines is 6. The van der Waals surface area contributed by atoms with Gasteiger partial charge in [0.05, 0.1) is 32.8 Å². The number of fused-ring (bicyclic) bond motifs is 1. The second-order valence-corrected chi connectivity index (χ2v) is 24.5. The van der Waals surface area contributed by atoms with Crippen LogP contribution in [0.2, 0.25) is 5.28 Å². The van der Waals surface area contributed by atoms with Crippen LogP contribution in [0, 0.1) is 0 Å². The van der Waals surface area contributed by atoms with E-state index in [9.17, 15) is 78.6 Å². The minimum absolute atomic E-state index is 0.167. The Morgan fingerprint density at radius 2 is 1.09 bits per heavy atom. The standard InChI is InChI=1S/C36H29BrClN11O20S6/c1-16(37)33(51)40-19-4-8-24(71(54,55)56)22(14-19)46-48-30-26(73(60,61)62)12-17-13-27(74(63,64)65)31(32(50)28(17)29(30)39)49-47-23-15-20(5-9-25(23)72(57,58)59)42-36-44-34(38)43-35(45-36)41-18-2-6-21(7-3-18)70(52,53)11-10-69-75(66,67)68/h2-9,12-15,50H,1,10-11,39H2,(H,40,51)(H,54,55,56)(H,57,58,59)(H,60,61,62)(H,63,64,65)(H,66,67,68)(H2,41,42,43,44,45). The first kappa shape index (κ1) is 57.5. The van der Waals surface area contributed by atoms with Crippen LogP contribution in [-0.4, -0.2) is 112 Å². The van der Waals surface area contributed by atoms with Crippen LogP contribution >= 0.6 is 27.5 Å². The zero-order chi connectivity index (χ0) is 55.8. The van der Waals surface area contributed by atoms with Crippen molar-refractivity contribution in [3.63, 3.8) is 0 Å². The first-order valence-corrected chi connectivity index (χ1v) is 29.2. The number of aromatic hydroxyl groups is 1. The molecule has 398 valence electrons. The van der Waals surface area contributed by atoms with E-state index >= 15 is 0 Å². The van der Waals surface area contributed by atoms with Gasteiger partial charge in [-0.2, -0.15) is 57.0 Å². The van der Waals surface area contributed by atoms with Crippen LogP contribution in [0.1, 0.15) is 0 Å². The Morgan fingerprint density at radius 3 is 1.59 bits per heavy atom. The first-order valence-electron chi connectivity index (χ1n) is 19.2. The van der Waals surface area contributed by atoms with E-state index in [1.54, 1.807) is 0 Å². The average molecular weight is 1240 g/mol. The lowest BCUT2D eigenvalue weighted by Crippen LogP contribution is -2.15. The molecule has 75 heavy (non-hydrogen) atoms. The first-order chi connectivity index (χ1) is 34.5. The molecule has 0 atom stereocenters. The number of carbonyl (C=O) groups excluding carboxylic acids is 1. The number of phenolic OH excluding ortho intramolecular Hbond substituents is 1. The van der Waals surface area contributed by atoms with Crippen molar-refractivity contribution in [3.05, 3.63) is 89.1 Å². The molecule has 1 aromatic heterocycles. The summed E-state index contributed by atoms with van der Waals surface area (Å²) in [6.07, 6.45) is 0. The number of aromatic nitrogens is 3. The molecule has 1 heterocycles. The van der Waals surface area contributed by atoms with Gasteiger partial charge in [-0.15, -0.1) is 20.5 Å². The lowest BCUT2D eigenvalue weighted by atomic mass is 10.1. The van der Waals surface area contributed by atoms with E-state index in [2.05, 4.69) is 78.1 Å². The van der Waals surface area contributed by atoms with Crippen molar-refractivity contribution < 1.29 is 87.4 Å². The summed E-state index contributed by atoms with van der Waals surface area (Å²) < 4.78 is 200. The minimum Gasteiger partial charge on any atom is -0.505 e. The summed E-state index contributed by atoms with van der Waals surface area (Å²) >= 11 is 8.94. The van der Waals surface area contributed by atoms with Gasteiger partial charge in [0.25, 0.3) is 46.4 Å². The number of carbonyl (C=O) groups is 1. The van der Waals surface area contributed by atoms with Gasteiger partial charge in [0.15, 0.2) is 15.6 Å². The number of benzene rings is 5. The third kappa shape index (κ3) is 14.3. The van der Waals surface area contributed by atoms with Crippen LogP contribution in [0.25, 0.3) is 10.8 Å². The monoisotopic (exact) mass is 1240 g/mol. The highest BCUT2D eigenvalue weighted by Gasteiger charge is 2.29. The molecule has 0 saturated carbocycles. The van der Waals surface area contributed by atoms with Gasteiger partial charge < -0.3 is 26.8 Å². The Bertz CT molecular complexity index is 4160. The Balaban J connectivity index is 1.41. The number of sulfone groups is 1. The molecule has 0 saturated heterocycles. The molecule has 1 amide bonds. The van der Waals surface area contributed by atoms with Gasteiger partial charge in [-0.25, -0.2) is 12.6 Å². The molecule has 39 heteroatoms. The number of halogens is 2. The Morgan fingerprint density at radius 1 is 0.640 bits per heavy atom. The van der Waals surface area contributed by atoms with Crippen LogP contribution in [0.5, 0.6) is 5.75 Å². The van der Waals surface area contributed by atoms with E-state index in [4.69, 9.17) is 21.9 Å². The van der Waals surface area contributed by atoms with Gasteiger partial charge in [0.2, 0.25) is 17.2 Å². The van der Waals surface area contributed by atoms with Crippen molar-refractivity contribution in [2.45, 2.75) is 24.5 Å². The van der Waals surface area contributed by atoms with Gasteiger partial charge in [-0.1, -0.05) is 6.58 Å². The number of nitrogens with two attached hydrogens (primary N) is 1. The molecule has 0 aliphatic heterocycles. The predicted octanol–water partition coefficient (Wildman–Crippen LogP) is 5.71. The molecule has 0 radical (unpaired) electrons. The van der Waals surface area contributed by atoms with Crippen LogP contribution < -0.4 is 21.7 Å². The van der Waals surface area contributed by atoms with E-state index in [0.717, 1.165) is 48.5 Å². The van der Waals surface area contributed by atoms with Crippen LogP contribution in [0.15, 0.2) is 129 Å². The van der Waals surface area contributed by atoms with Crippen LogP contribution in [-0.2, 0) is 69.7 Å². The lowest BCUT2D eigenvalue weighted by molar-refractivity contribution is -0.112. The number of amides is 1. The SMILES string of the molecule is C=C(Br)C(=O)Nc1ccc(S(=O)(=O)O)c(N=Nc2c(S(=O)(=O)O)cc3cc(S(=O)(=O)O)c(N=Nc4cc(Nc5nc(Cl)nc(Nc6ccc(S(=O)(=O)CCOS(=O)(=O)O)cc6)n5)ccc4S(=O)(=O)O)c(O)c3c2N)c1. The summed E-state index contributed by atoms with van der Waals surface area (Å²) in [4.78, 5) is 19.2. The van der Waals surface area contributed by atoms with Gasteiger partial charge >= 0.3 is 10.4 Å². The Labute approximate surface area is 435 Å². The number of hydrogen-bond acceptors (Lipinski definition) is 25. The van der Waals surface area contributed by atoms with Crippen LogP contribution in [0.4, 0.5) is 57.4 Å². The number of nitrogen functional groups attached to an aromatic ring is 1. The molecule has 0 fully saturated rings. The van der Waals surface area contributed by atoms with Gasteiger partial charge in [-0.3, -0.25) is 27.6 Å². The summed E-state index contributed by atoms with van der Waals surface area (Å²) in [5.41, 5.74) is 1.14. The maximum Gasteiger partial charge on any atom is 0.397 e. The van der Waals surface area contributed by atoms with Crippen molar-refractivity contribution in [1.29, 1.82) is 0 Å². The smallest absolute Gasteiger partial charge is 0.397 e. The van der Waals surface area contributed by atoms with Crippen molar-refractivity contribution in [2.24, 2.45) is 20.5 Å². The highest BCUT2D eigenvalue weighted by atomic mass is 79.9. The minimum atomic E-state index is -5.55. The molecule has 0 aliphatic carbocycles. The molecule has 0 aliphatic rings. The molecular formula is C36H29BrClN11O20S6. The maximum atomic E-state index is 12.7. The molecular weight excluding hydrogens is 1210 g/mol. The van der Waals surface area contributed by atoms with E-state index in [1.165, 1.54) is 12.1 Å². The van der Waals surface area contributed by atoms with Crippen molar-refractivity contribution in [1.82, 2.24) is 15.0 Å². The van der Waals surface area contributed by atoms with E-state index in [0.29, 0.717) is 12.1 Å². The molecule has 0 spiro atoms. The number of hydrogen-bond donors (Lipinski definition) is 10. The molecule has 6 rings (SSSR count). The zero-order valence-corrected chi connectivity index (χ0v) is 43.6. The average Bonchev–Trinajstić information content (AvgIpc) is 3.26.